The molecule has 1 aliphatic carbocycles. The third-order valence-electron chi connectivity index (χ3n) is 5.53. The van der Waals surface area contributed by atoms with Crippen LogP contribution in [0.25, 0.3) is 0 Å². The van der Waals surface area contributed by atoms with Gasteiger partial charge in [-0.3, -0.25) is 14.5 Å². The average molecular weight is 468 g/mol. The van der Waals surface area contributed by atoms with Crippen LogP contribution in [0, 0.1) is 6.92 Å². The minimum atomic E-state index is -0.882. The Morgan fingerprint density at radius 2 is 1.73 bits per heavy atom. The summed E-state index contributed by atoms with van der Waals surface area (Å²) in [6.45, 7) is 1.82. The number of nitrogens with one attached hydrogen (secondary N) is 1. The lowest BCUT2D eigenvalue weighted by Crippen LogP contribution is -2.48. The van der Waals surface area contributed by atoms with Gasteiger partial charge in [0.1, 0.15) is 11.9 Å². The highest BCUT2D eigenvalue weighted by molar-refractivity contribution is 6.32. The van der Waals surface area contributed by atoms with E-state index < -0.39 is 6.04 Å². The summed E-state index contributed by atoms with van der Waals surface area (Å²) >= 11 is 18.4. The molecule has 2 amide bonds. The topological polar surface area (TPSA) is 49.4 Å². The highest BCUT2D eigenvalue weighted by Crippen LogP contribution is 2.34. The minimum absolute atomic E-state index is 0.106. The molecule has 30 heavy (non-hydrogen) atoms. The first-order chi connectivity index (χ1) is 14.4. The van der Waals surface area contributed by atoms with E-state index in [-0.39, 0.29) is 23.7 Å². The summed E-state index contributed by atoms with van der Waals surface area (Å²) in [5, 5.41) is 4.22. The Bertz CT molecular complexity index is 896. The normalized spacial score (nSPS) is 15.5. The maximum atomic E-state index is 13.5. The molecule has 0 aromatic heterocycles. The van der Waals surface area contributed by atoms with E-state index in [0.717, 1.165) is 25.7 Å². The van der Waals surface area contributed by atoms with Crippen molar-refractivity contribution in [3.8, 4) is 0 Å². The van der Waals surface area contributed by atoms with Crippen molar-refractivity contribution in [2.24, 2.45) is 0 Å². The fourth-order valence-electron chi connectivity index (χ4n) is 3.93. The molecular weight excluding hydrogens is 443 g/mol. The van der Waals surface area contributed by atoms with Gasteiger partial charge in [-0.2, -0.15) is 0 Å². The smallest absolute Gasteiger partial charge is 0.248 e. The van der Waals surface area contributed by atoms with Gasteiger partial charge in [0.2, 0.25) is 11.8 Å². The van der Waals surface area contributed by atoms with Gasteiger partial charge in [-0.25, -0.2) is 0 Å². The summed E-state index contributed by atoms with van der Waals surface area (Å²) < 4.78 is 0. The molecule has 1 saturated carbocycles. The molecule has 2 aromatic rings. The molecule has 1 N–H and O–H groups in total. The molecule has 0 aliphatic heterocycles. The molecule has 0 spiro atoms. The Balaban J connectivity index is 2.06. The number of halogens is 3. The molecule has 7 heteroatoms. The molecular formula is C23H25Cl3N2O2. The third-order valence-corrected chi connectivity index (χ3v) is 6.42. The van der Waals surface area contributed by atoms with Crippen molar-refractivity contribution in [1.29, 1.82) is 0 Å². The Morgan fingerprint density at radius 3 is 2.37 bits per heavy atom. The number of benzene rings is 2. The SMILES string of the molecule is Cc1c(Cl)cccc1N(C(=O)CCl)[C@H](C(=O)NC1CCCCC1)c1ccc(Cl)cc1. The summed E-state index contributed by atoms with van der Waals surface area (Å²) in [6, 6.07) is 11.5. The fourth-order valence-corrected chi connectivity index (χ4v) is 4.35. The summed E-state index contributed by atoms with van der Waals surface area (Å²) in [7, 11) is 0. The fraction of sp³-hybridized carbons (Fsp3) is 0.391. The van der Waals surface area contributed by atoms with Crippen molar-refractivity contribution in [3.63, 3.8) is 0 Å². The van der Waals surface area contributed by atoms with Gasteiger partial charge in [0.05, 0.1) is 0 Å². The van der Waals surface area contributed by atoms with E-state index in [0.29, 0.717) is 26.9 Å². The van der Waals surface area contributed by atoms with E-state index in [1.165, 1.54) is 11.3 Å². The Morgan fingerprint density at radius 1 is 1.07 bits per heavy atom. The van der Waals surface area contributed by atoms with Gasteiger partial charge in [0, 0.05) is 21.8 Å². The number of hydrogen-bond acceptors (Lipinski definition) is 2. The number of carbonyl (C=O) groups excluding carboxylic acids is 2. The molecule has 0 bridgehead atoms. The van der Waals surface area contributed by atoms with Crippen LogP contribution in [-0.2, 0) is 9.59 Å². The number of anilines is 1. The second-order valence-electron chi connectivity index (χ2n) is 7.58. The molecule has 0 radical (unpaired) electrons. The zero-order valence-electron chi connectivity index (χ0n) is 16.8. The predicted molar refractivity (Wildman–Crippen MR) is 124 cm³/mol. The lowest BCUT2D eigenvalue weighted by Gasteiger charge is -2.34. The maximum Gasteiger partial charge on any atom is 0.248 e. The molecule has 160 valence electrons. The second kappa shape index (κ2) is 10.5. The Labute approximate surface area is 192 Å². The van der Waals surface area contributed by atoms with E-state index in [9.17, 15) is 9.59 Å². The minimum Gasteiger partial charge on any atom is -0.351 e. The van der Waals surface area contributed by atoms with E-state index in [2.05, 4.69) is 5.32 Å². The van der Waals surface area contributed by atoms with Crippen molar-refractivity contribution in [2.75, 3.05) is 10.8 Å². The van der Waals surface area contributed by atoms with E-state index in [1.54, 1.807) is 42.5 Å². The maximum absolute atomic E-state index is 13.5. The van der Waals surface area contributed by atoms with Crippen LogP contribution in [0.15, 0.2) is 42.5 Å². The summed E-state index contributed by atoms with van der Waals surface area (Å²) in [4.78, 5) is 28.0. The Kier molecular flexibility index (Phi) is 8.04. The third kappa shape index (κ3) is 5.29. The predicted octanol–water partition coefficient (Wildman–Crippen LogP) is 6.06. The van der Waals surface area contributed by atoms with E-state index >= 15 is 0 Å². The van der Waals surface area contributed by atoms with Crippen molar-refractivity contribution >= 4 is 52.3 Å². The quantitative estimate of drug-likeness (QED) is 0.525. The molecule has 1 aliphatic rings. The molecule has 1 atom stereocenters. The van der Waals surface area contributed by atoms with E-state index in [4.69, 9.17) is 34.8 Å². The standard InChI is InChI=1S/C23H25Cl3N2O2/c1-15-19(26)8-5-9-20(15)28(21(29)14-24)22(16-10-12-17(25)13-11-16)23(30)27-18-6-3-2-4-7-18/h5,8-13,18,22H,2-4,6-7,14H2,1H3,(H,27,30)/t22-/m0/s1. The largest absolute Gasteiger partial charge is 0.351 e. The van der Waals surface area contributed by atoms with Crippen LogP contribution in [0.5, 0.6) is 0 Å². The first kappa shape index (κ1) is 22.9. The summed E-state index contributed by atoms with van der Waals surface area (Å²) in [5.41, 5.74) is 1.93. The second-order valence-corrected chi connectivity index (χ2v) is 8.69. The van der Waals surface area contributed by atoms with Crippen LogP contribution in [0.1, 0.15) is 49.3 Å². The lowest BCUT2D eigenvalue weighted by molar-refractivity contribution is -0.126. The molecule has 3 rings (SSSR count). The highest BCUT2D eigenvalue weighted by Gasteiger charge is 2.34. The zero-order valence-corrected chi connectivity index (χ0v) is 19.1. The molecule has 2 aromatic carbocycles. The van der Waals surface area contributed by atoms with Gasteiger partial charge in [-0.15, -0.1) is 11.6 Å². The molecule has 4 nitrogen and oxygen atoms in total. The van der Waals surface area contributed by atoms with Crippen molar-refractivity contribution in [3.05, 3.63) is 63.6 Å². The van der Waals surface area contributed by atoms with Crippen LogP contribution < -0.4 is 10.2 Å². The number of nitrogens with zero attached hydrogens (tertiary/aromatic N) is 1. The van der Waals surface area contributed by atoms with Gasteiger partial charge in [0.25, 0.3) is 0 Å². The molecule has 0 heterocycles. The number of amides is 2. The number of hydrogen-bond donors (Lipinski definition) is 1. The number of rotatable bonds is 6. The Hall–Kier alpha value is -1.75. The molecule has 0 saturated heterocycles. The van der Waals surface area contributed by atoms with Crippen molar-refractivity contribution in [1.82, 2.24) is 5.32 Å². The van der Waals surface area contributed by atoms with Crippen LogP contribution in [0.2, 0.25) is 10.0 Å². The van der Waals surface area contributed by atoms with Crippen LogP contribution in [-0.4, -0.2) is 23.7 Å². The van der Waals surface area contributed by atoms with Crippen LogP contribution >= 0.6 is 34.8 Å². The van der Waals surface area contributed by atoms with Crippen LogP contribution in [0.3, 0.4) is 0 Å². The van der Waals surface area contributed by atoms with Crippen LogP contribution in [0.4, 0.5) is 5.69 Å². The molecule has 0 unspecified atom stereocenters. The van der Waals surface area contributed by atoms with Crippen molar-refractivity contribution < 1.29 is 9.59 Å². The highest BCUT2D eigenvalue weighted by atomic mass is 35.5. The first-order valence-electron chi connectivity index (χ1n) is 10.1. The van der Waals surface area contributed by atoms with Gasteiger partial charge >= 0.3 is 0 Å². The average Bonchev–Trinajstić information content (AvgIpc) is 2.75. The van der Waals surface area contributed by atoms with Crippen molar-refractivity contribution in [2.45, 2.75) is 51.1 Å². The van der Waals surface area contributed by atoms with E-state index in [1.807, 2.05) is 6.92 Å². The van der Waals surface area contributed by atoms with Gasteiger partial charge in [0.15, 0.2) is 0 Å². The monoisotopic (exact) mass is 466 g/mol. The van der Waals surface area contributed by atoms with Gasteiger partial charge in [-0.1, -0.05) is 60.7 Å². The summed E-state index contributed by atoms with van der Waals surface area (Å²) in [5.74, 6) is -0.866. The number of carbonyl (C=O) groups is 2. The first-order valence-corrected chi connectivity index (χ1v) is 11.4. The molecule has 1 fully saturated rings. The number of alkyl halides is 1. The van der Waals surface area contributed by atoms with Gasteiger partial charge < -0.3 is 5.32 Å². The van der Waals surface area contributed by atoms with Gasteiger partial charge in [-0.05, 0) is 55.2 Å². The summed E-state index contributed by atoms with van der Waals surface area (Å²) in [6.07, 6.45) is 5.26. The zero-order chi connectivity index (χ0) is 21.7. The lowest BCUT2D eigenvalue weighted by atomic mass is 9.94.